The third kappa shape index (κ3) is 5.70. The maximum atomic E-state index is 12.8. The van der Waals surface area contributed by atoms with Crippen molar-refractivity contribution < 1.29 is 28.5 Å². The molecule has 2 heterocycles. The highest BCUT2D eigenvalue weighted by Gasteiger charge is 2.72. The third-order valence-electron chi connectivity index (χ3n) is 6.95. The van der Waals surface area contributed by atoms with Gasteiger partial charge in [0.25, 0.3) is 0 Å². The molecular weight excluding hydrogens is 396 g/mol. The van der Waals surface area contributed by atoms with Crippen molar-refractivity contribution in [2.75, 3.05) is 20.3 Å². The molecule has 2 saturated heterocycles. The van der Waals surface area contributed by atoms with E-state index in [-0.39, 0.29) is 52.9 Å². The van der Waals surface area contributed by atoms with E-state index in [1.54, 1.807) is 7.11 Å². The molecule has 2 aliphatic heterocycles. The summed E-state index contributed by atoms with van der Waals surface area (Å²) in [6.45, 7) is 15.7. The van der Waals surface area contributed by atoms with Crippen molar-refractivity contribution >= 4 is 5.97 Å². The monoisotopic (exact) mass is 438 g/mol. The smallest absolute Gasteiger partial charge is 0.306 e. The van der Waals surface area contributed by atoms with Crippen LogP contribution in [0, 0.1) is 11.3 Å². The highest BCUT2D eigenvalue weighted by Crippen LogP contribution is 2.59. The lowest BCUT2D eigenvalue weighted by atomic mass is 9.68. The maximum absolute atomic E-state index is 12.8. The first-order chi connectivity index (χ1) is 14.4. The van der Waals surface area contributed by atoms with E-state index in [1.807, 2.05) is 27.7 Å². The van der Waals surface area contributed by atoms with E-state index in [4.69, 9.17) is 23.7 Å². The van der Waals surface area contributed by atoms with Crippen LogP contribution in [0.5, 0.6) is 0 Å². The average molecular weight is 439 g/mol. The summed E-state index contributed by atoms with van der Waals surface area (Å²) < 4.78 is 29.9. The Morgan fingerprint density at radius 3 is 2.52 bits per heavy atom. The van der Waals surface area contributed by atoms with Gasteiger partial charge in [-0.2, -0.15) is 0 Å². The minimum atomic E-state index is -0.321. The van der Waals surface area contributed by atoms with Crippen molar-refractivity contribution in [3.05, 3.63) is 11.6 Å². The quantitative estimate of drug-likeness (QED) is 0.285. The minimum Gasteiger partial charge on any atom is -0.460 e. The number of allylic oxidation sites excluding steroid dienone is 1. The fourth-order valence-electron chi connectivity index (χ4n) is 5.11. The molecule has 0 aromatic rings. The molecule has 3 rings (SSSR count). The number of rotatable bonds is 10. The lowest BCUT2D eigenvalue weighted by molar-refractivity contribution is -0.174. The van der Waals surface area contributed by atoms with Gasteiger partial charge >= 0.3 is 5.97 Å². The molecule has 6 atom stereocenters. The topological polar surface area (TPSA) is 69.8 Å². The number of esters is 1. The maximum Gasteiger partial charge on any atom is 0.306 e. The van der Waals surface area contributed by atoms with Gasteiger partial charge in [-0.25, -0.2) is 0 Å². The molecule has 0 N–H and O–H groups in total. The van der Waals surface area contributed by atoms with Gasteiger partial charge in [0.05, 0.1) is 37.8 Å². The van der Waals surface area contributed by atoms with Gasteiger partial charge in [-0.05, 0) is 59.3 Å². The van der Waals surface area contributed by atoms with Crippen molar-refractivity contribution in [3.8, 4) is 0 Å². The first kappa shape index (κ1) is 24.7. The molecule has 3 aliphatic rings. The van der Waals surface area contributed by atoms with Crippen molar-refractivity contribution in [1.29, 1.82) is 0 Å². The number of epoxide rings is 2. The largest absolute Gasteiger partial charge is 0.460 e. The zero-order chi connectivity index (χ0) is 23.0. The average Bonchev–Trinajstić information content (AvgIpc) is 3.57. The fourth-order valence-corrected chi connectivity index (χ4v) is 5.11. The summed E-state index contributed by atoms with van der Waals surface area (Å²) in [4.78, 5) is 12.8. The molecule has 31 heavy (non-hydrogen) atoms. The predicted molar refractivity (Wildman–Crippen MR) is 119 cm³/mol. The molecule has 0 aromatic heterocycles. The molecular formula is C25H42O6. The van der Waals surface area contributed by atoms with Crippen LogP contribution < -0.4 is 0 Å². The van der Waals surface area contributed by atoms with Gasteiger partial charge < -0.3 is 23.7 Å². The second-order valence-electron chi connectivity index (χ2n) is 11.1. The van der Waals surface area contributed by atoms with Crippen molar-refractivity contribution in [2.24, 2.45) is 11.3 Å². The Bertz CT molecular complexity index is 675. The summed E-state index contributed by atoms with van der Waals surface area (Å²) in [6.07, 6.45) is 4.79. The molecule has 1 spiro atoms. The van der Waals surface area contributed by atoms with Crippen LogP contribution in [0.3, 0.4) is 0 Å². The lowest BCUT2D eigenvalue weighted by Crippen LogP contribution is -2.55. The van der Waals surface area contributed by atoms with E-state index >= 15 is 0 Å². The molecule has 178 valence electrons. The van der Waals surface area contributed by atoms with Crippen LogP contribution in [0.1, 0.15) is 74.1 Å². The molecule has 6 nitrogen and oxygen atoms in total. The SMILES string of the molecule is COC1C(OC(=O)CC(C)(C)COC(C)C)CC[C@]2(CO2)C1C1(C)O[C@@H]1CC=C(C)C. The molecule has 6 heteroatoms. The standard InChI is InChI=1S/C25H42O6/c1-16(2)9-10-19-24(7,31-19)22-21(27-8)18(11-12-25(22)15-29-25)30-20(26)13-23(5,6)14-28-17(3)4/h9,17-19,21-22H,10-15H2,1-8H3/t18?,19-,21?,22?,24?,25+/m1/s1. The summed E-state index contributed by atoms with van der Waals surface area (Å²) in [5, 5.41) is 0. The van der Waals surface area contributed by atoms with Gasteiger partial charge in [0.1, 0.15) is 23.4 Å². The molecule has 0 radical (unpaired) electrons. The Hall–Kier alpha value is -0.950. The first-order valence-electron chi connectivity index (χ1n) is 11.7. The van der Waals surface area contributed by atoms with Crippen molar-refractivity contribution in [3.63, 3.8) is 0 Å². The van der Waals surface area contributed by atoms with Crippen LogP contribution in [0.25, 0.3) is 0 Å². The molecule has 4 unspecified atom stereocenters. The minimum absolute atomic E-state index is 0.0457. The Labute approximate surface area is 188 Å². The molecule has 0 bridgehead atoms. The van der Waals surface area contributed by atoms with E-state index in [1.165, 1.54) is 5.57 Å². The van der Waals surface area contributed by atoms with E-state index < -0.39 is 0 Å². The van der Waals surface area contributed by atoms with Crippen LogP contribution in [0.4, 0.5) is 0 Å². The molecule has 0 aromatic carbocycles. The van der Waals surface area contributed by atoms with Crippen LogP contribution in [-0.4, -0.2) is 61.9 Å². The van der Waals surface area contributed by atoms with Gasteiger partial charge in [-0.15, -0.1) is 0 Å². The Balaban J connectivity index is 1.66. The van der Waals surface area contributed by atoms with Crippen LogP contribution >= 0.6 is 0 Å². The number of hydrogen-bond donors (Lipinski definition) is 0. The zero-order valence-corrected chi connectivity index (χ0v) is 20.7. The number of methoxy groups -OCH3 is 1. The lowest BCUT2D eigenvalue weighted by Gasteiger charge is -2.43. The van der Waals surface area contributed by atoms with E-state index in [0.29, 0.717) is 13.0 Å². The highest BCUT2D eigenvalue weighted by molar-refractivity contribution is 5.70. The Morgan fingerprint density at radius 1 is 1.29 bits per heavy atom. The second kappa shape index (κ2) is 9.12. The fraction of sp³-hybridized carbons (Fsp3) is 0.880. The molecule has 3 fully saturated rings. The normalized spacial score (nSPS) is 37.1. The number of ether oxygens (including phenoxy) is 5. The Morgan fingerprint density at radius 2 is 1.97 bits per heavy atom. The molecule has 1 saturated carbocycles. The summed E-state index contributed by atoms with van der Waals surface area (Å²) in [5.41, 5.74) is 0.485. The summed E-state index contributed by atoms with van der Waals surface area (Å²) >= 11 is 0. The van der Waals surface area contributed by atoms with Gasteiger partial charge in [-0.1, -0.05) is 25.5 Å². The molecule has 1 aliphatic carbocycles. The third-order valence-corrected chi connectivity index (χ3v) is 6.95. The number of carbonyl (C=O) groups is 1. The van der Waals surface area contributed by atoms with Gasteiger partial charge in [-0.3, -0.25) is 4.79 Å². The summed E-state index contributed by atoms with van der Waals surface area (Å²) in [7, 11) is 1.71. The van der Waals surface area contributed by atoms with Gasteiger partial charge in [0, 0.05) is 7.11 Å². The van der Waals surface area contributed by atoms with E-state index in [9.17, 15) is 4.79 Å². The van der Waals surface area contributed by atoms with E-state index in [2.05, 4.69) is 26.8 Å². The summed E-state index contributed by atoms with van der Waals surface area (Å²) in [5.74, 6) is -0.150. The number of hydrogen-bond acceptors (Lipinski definition) is 6. The van der Waals surface area contributed by atoms with E-state index in [0.717, 1.165) is 25.9 Å². The predicted octanol–water partition coefficient (Wildman–Crippen LogP) is 4.45. The molecule has 0 amide bonds. The van der Waals surface area contributed by atoms with Crippen molar-refractivity contribution in [2.45, 2.75) is 110 Å². The highest BCUT2D eigenvalue weighted by atomic mass is 16.6. The first-order valence-corrected chi connectivity index (χ1v) is 11.7. The second-order valence-corrected chi connectivity index (χ2v) is 11.1. The van der Waals surface area contributed by atoms with Gasteiger partial charge in [0.15, 0.2) is 0 Å². The van der Waals surface area contributed by atoms with Gasteiger partial charge in [0.2, 0.25) is 0 Å². The Kier molecular flexibility index (Phi) is 7.27. The van der Waals surface area contributed by atoms with Crippen LogP contribution in [0.2, 0.25) is 0 Å². The van der Waals surface area contributed by atoms with Crippen LogP contribution in [-0.2, 0) is 28.5 Å². The zero-order valence-electron chi connectivity index (χ0n) is 20.7. The number of carbonyl (C=O) groups excluding carboxylic acids is 1. The summed E-state index contributed by atoms with van der Waals surface area (Å²) in [6, 6.07) is 0. The van der Waals surface area contributed by atoms with Crippen LogP contribution in [0.15, 0.2) is 11.6 Å². The van der Waals surface area contributed by atoms with Crippen molar-refractivity contribution in [1.82, 2.24) is 0 Å².